The maximum absolute atomic E-state index is 11.1. The Kier molecular flexibility index (Phi) is 3.90. The summed E-state index contributed by atoms with van der Waals surface area (Å²) in [5, 5.41) is 13.9. The second kappa shape index (κ2) is 5.43. The topological polar surface area (TPSA) is 61.6 Å². The molecule has 0 aliphatic carbocycles. The minimum Gasteiger partial charge on any atom is -0.356 e. The second-order valence-corrected chi connectivity index (χ2v) is 4.75. The van der Waals surface area contributed by atoms with Gasteiger partial charge in [-0.3, -0.25) is 10.1 Å². The molecule has 2 aromatic rings. The van der Waals surface area contributed by atoms with Crippen LogP contribution in [0.3, 0.4) is 0 Å². The van der Waals surface area contributed by atoms with Gasteiger partial charge in [0.15, 0.2) is 6.29 Å². The molecule has 0 saturated carbocycles. The molecule has 1 aromatic carbocycles. The number of methoxy groups -OCH3 is 2. The molecule has 1 heterocycles. The number of hydrogen-bond acceptors (Lipinski definition) is 5. The maximum atomic E-state index is 11.1. The van der Waals surface area contributed by atoms with Crippen molar-refractivity contribution < 1.29 is 14.4 Å². The number of rotatable bonds is 5. The first kappa shape index (κ1) is 12.9. The number of fused-ring (bicyclic) bond motifs is 1. The lowest BCUT2D eigenvalue weighted by atomic mass is 10.1. The van der Waals surface area contributed by atoms with Crippen molar-refractivity contribution in [1.82, 2.24) is 0 Å². The Labute approximate surface area is 108 Å². The zero-order valence-electron chi connectivity index (χ0n) is 10.1. The summed E-state index contributed by atoms with van der Waals surface area (Å²) in [6.07, 6.45) is -0.113. The van der Waals surface area contributed by atoms with Crippen LogP contribution in [0, 0.1) is 10.1 Å². The Morgan fingerprint density at radius 2 is 2.11 bits per heavy atom. The molecule has 0 aliphatic heterocycles. The third-order valence-electron chi connectivity index (χ3n) is 2.76. The molecule has 0 fully saturated rings. The van der Waals surface area contributed by atoms with Gasteiger partial charge in [-0.05, 0) is 22.9 Å². The molecule has 0 radical (unpaired) electrons. The van der Waals surface area contributed by atoms with E-state index in [1.807, 2.05) is 17.5 Å². The van der Waals surface area contributed by atoms with E-state index in [9.17, 15) is 10.1 Å². The van der Waals surface area contributed by atoms with Crippen LogP contribution in [0.1, 0.15) is 5.56 Å². The van der Waals surface area contributed by atoms with Crippen LogP contribution in [-0.2, 0) is 15.9 Å². The zero-order chi connectivity index (χ0) is 13.1. The molecule has 96 valence electrons. The van der Waals surface area contributed by atoms with E-state index in [4.69, 9.17) is 9.47 Å². The molecule has 5 nitrogen and oxygen atoms in total. The van der Waals surface area contributed by atoms with E-state index >= 15 is 0 Å². The van der Waals surface area contributed by atoms with Crippen LogP contribution in [0.15, 0.2) is 23.6 Å². The normalized spacial score (nSPS) is 11.3. The Morgan fingerprint density at radius 1 is 1.39 bits per heavy atom. The molecular weight excluding hydrogens is 254 g/mol. The highest BCUT2D eigenvalue weighted by Gasteiger charge is 2.19. The number of nitrogens with zero attached hydrogens (tertiary/aromatic N) is 1. The molecule has 0 bridgehead atoms. The van der Waals surface area contributed by atoms with Crippen molar-refractivity contribution in [1.29, 1.82) is 0 Å². The fourth-order valence-corrected chi connectivity index (χ4v) is 2.65. The fourth-order valence-electron chi connectivity index (χ4n) is 1.82. The van der Waals surface area contributed by atoms with E-state index < -0.39 is 6.29 Å². The Balaban J connectivity index is 2.45. The molecule has 18 heavy (non-hydrogen) atoms. The van der Waals surface area contributed by atoms with Gasteiger partial charge in [0, 0.05) is 37.0 Å². The molecule has 0 spiro atoms. The van der Waals surface area contributed by atoms with E-state index in [-0.39, 0.29) is 10.6 Å². The van der Waals surface area contributed by atoms with E-state index in [0.717, 1.165) is 10.1 Å². The summed E-state index contributed by atoms with van der Waals surface area (Å²) in [6.45, 7) is 0. The number of benzene rings is 1. The van der Waals surface area contributed by atoms with Gasteiger partial charge in [0.05, 0.1) is 4.92 Å². The van der Waals surface area contributed by atoms with Crippen LogP contribution in [0.25, 0.3) is 10.1 Å². The monoisotopic (exact) mass is 267 g/mol. The first-order chi connectivity index (χ1) is 8.65. The lowest BCUT2D eigenvalue weighted by Crippen LogP contribution is -2.16. The third kappa shape index (κ3) is 2.50. The lowest BCUT2D eigenvalue weighted by molar-refractivity contribution is -0.385. The molecule has 2 rings (SSSR count). The zero-order valence-corrected chi connectivity index (χ0v) is 10.9. The molecule has 1 aromatic heterocycles. The number of ether oxygens (including phenoxy) is 2. The first-order valence-electron chi connectivity index (χ1n) is 5.35. The summed E-state index contributed by atoms with van der Waals surface area (Å²) in [4.78, 5) is 10.7. The standard InChI is InChI=1S/C12H13NO4S/c1-16-12(17-2)7-9-6-11-8(3-4-18-11)5-10(9)13(14)15/h3-6,12H,7H2,1-2H3. The lowest BCUT2D eigenvalue weighted by Gasteiger charge is -2.13. The quantitative estimate of drug-likeness (QED) is 0.474. The number of thiophene rings is 1. The highest BCUT2D eigenvalue weighted by atomic mass is 32.1. The van der Waals surface area contributed by atoms with E-state index in [1.54, 1.807) is 17.4 Å². The summed E-state index contributed by atoms with van der Waals surface area (Å²) in [7, 11) is 3.04. The Bertz CT molecular complexity index is 562. The van der Waals surface area contributed by atoms with Gasteiger partial charge in [0.1, 0.15) is 0 Å². The smallest absolute Gasteiger partial charge is 0.273 e. The highest BCUT2D eigenvalue weighted by molar-refractivity contribution is 7.17. The second-order valence-electron chi connectivity index (χ2n) is 3.80. The van der Waals surface area contributed by atoms with Crippen molar-refractivity contribution in [2.24, 2.45) is 0 Å². The van der Waals surface area contributed by atoms with Crippen molar-refractivity contribution in [3.63, 3.8) is 0 Å². The predicted molar refractivity (Wildman–Crippen MR) is 70.0 cm³/mol. The van der Waals surface area contributed by atoms with Gasteiger partial charge in [-0.1, -0.05) is 0 Å². The Hall–Kier alpha value is -1.50. The largest absolute Gasteiger partial charge is 0.356 e. The van der Waals surface area contributed by atoms with Gasteiger partial charge in [-0.2, -0.15) is 0 Å². The molecule has 0 N–H and O–H groups in total. The van der Waals surface area contributed by atoms with Crippen LogP contribution in [0.4, 0.5) is 5.69 Å². The van der Waals surface area contributed by atoms with E-state index in [1.165, 1.54) is 14.2 Å². The summed E-state index contributed by atoms with van der Waals surface area (Å²) in [6, 6.07) is 5.31. The van der Waals surface area contributed by atoms with Crippen LogP contribution >= 0.6 is 11.3 Å². The molecule has 0 aliphatic rings. The Morgan fingerprint density at radius 3 is 2.72 bits per heavy atom. The van der Waals surface area contributed by atoms with Crippen LogP contribution in [0.2, 0.25) is 0 Å². The molecule has 0 saturated heterocycles. The predicted octanol–water partition coefficient (Wildman–Crippen LogP) is 2.97. The number of nitro groups is 1. The van der Waals surface area contributed by atoms with Gasteiger partial charge in [0.2, 0.25) is 0 Å². The van der Waals surface area contributed by atoms with Crippen LogP contribution < -0.4 is 0 Å². The minimum absolute atomic E-state index is 0.111. The summed E-state index contributed by atoms with van der Waals surface area (Å²) < 4.78 is 11.2. The molecule has 0 atom stereocenters. The minimum atomic E-state index is -0.471. The third-order valence-corrected chi connectivity index (χ3v) is 3.64. The number of hydrogen-bond donors (Lipinski definition) is 0. The maximum Gasteiger partial charge on any atom is 0.273 e. The van der Waals surface area contributed by atoms with Gasteiger partial charge in [0.25, 0.3) is 5.69 Å². The molecular formula is C12H13NO4S. The average Bonchev–Trinajstić information content (AvgIpc) is 2.81. The van der Waals surface area contributed by atoms with Gasteiger partial charge < -0.3 is 9.47 Å². The summed E-state index contributed by atoms with van der Waals surface area (Å²) in [5.41, 5.74) is 0.739. The summed E-state index contributed by atoms with van der Waals surface area (Å²) in [5.74, 6) is 0. The summed E-state index contributed by atoms with van der Waals surface area (Å²) >= 11 is 1.56. The fraction of sp³-hybridized carbons (Fsp3) is 0.333. The van der Waals surface area contributed by atoms with Crippen molar-refractivity contribution >= 4 is 27.1 Å². The molecule has 0 amide bonds. The SMILES string of the molecule is COC(Cc1cc2sccc2cc1[N+](=O)[O-])OC. The van der Waals surface area contributed by atoms with Gasteiger partial charge in [-0.25, -0.2) is 0 Å². The van der Waals surface area contributed by atoms with Crippen LogP contribution in [0.5, 0.6) is 0 Å². The number of nitro benzene ring substituents is 1. The highest BCUT2D eigenvalue weighted by Crippen LogP contribution is 2.30. The molecule has 6 heteroatoms. The average molecular weight is 267 g/mol. The van der Waals surface area contributed by atoms with Crippen molar-refractivity contribution in [3.05, 3.63) is 39.3 Å². The van der Waals surface area contributed by atoms with Gasteiger partial charge >= 0.3 is 0 Å². The molecule has 0 unspecified atom stereocenters. The van der Waals surface area contributed by atoms with Crippen molar-refractivity contribution in [3.8, 4) is 0 Å². The van der Waals surface area contributed by atoms with Gasteiger partial charge in [-0.15, -0.1) is 11.3 Å². The van der Waals surface area contributed by atoms with E-state index in [0.29, 0.717) is 12.0 Å². The van der Waals surface area contributed by atoms with Crippen molar-refractivity contribution in [2.75, 3.05) is 14.2 Å². The first-order valence-corrected chi connectivity index (χ1v) is 6.23. The van der Waals surface area contributed by atoms with E-state index in [2.05, 4.69) is 0 Å². The van der Waals surface area contributed by atoms with Crippen LogP contribution in [-0.4, -0.2) is 25.4 Å². The van der Waals surface area contributed by atoms with Crippen molar-refractivity contribution in [2.45, 2.75) is 12.7 Å².